The van der Waals surface area contributed by atoms with Gasteiger partial charge in [-0.1, -0.05) is 0 Å². The van der Waals surface area contributed by atoms with E-state index in [-0.39, 0.29) is 17.4 Å². The maximum absolute atomic E-state index is 12.5. The minimum Gasteiger partial charge on any atom is -0.440 e. The van der Waals surface area contributed by atoms with E-state index in [1.807, 2.05) is 12.1 Å². The molecule has 140 valence electrons. The summed E-state index contributed by atoms with van der Waals surface area (Å²) < 4.78 is 5.21. The average molecular weight is 366 g/mol. The quantitative estimate of drug-likeness (QED) is 0.896. The highest BCUT2D eigenvalue weighted by Crippen LogP contribution is 2.33. The molecule has 1 aliphatic heterocycles. The summed E-state index contributed by atoms with van der Waals surface area (Å²) in [5, 5.41) is 11.7. The summed E-state index contributed by atoms with van der Waals surface area (Å²) in [5.74, 6) is -0.297. The summed E-state index contributed by atoms with van der Waals surface area (Å²) in [6.45, 7) is 3.31. The van der Waals surface area contributed by atoms with Crippen molar-refractivity contribution in [2.75, 3.05) is 35.3 Å². The number of amides is 2. The van der Waals surface area contributed by atoms with Crippen molar-refractivity contribution in [2.24, 2.45) is 0 Å². The molecule has 1 fully saturated rings. The highest BCUT2D eigenvalue weighted by atomic mass is 16.3. The van der Waals surface area contributed by atoms with Crippen LogP contribution >= 0.6 is 0 Å². The summed E-state index contributed by atoms with van der Waals surface area (Å²) in [5.41, 5.74) is 2.30. The third-order valence-electron chi connectivity index (χ3n) is 4.73. The highest BCUT2D eigenvalue weighted by Gasteiger charge is 2.20. The lowest BCUT2D eigenvalue weighted by Crippen LogP contribution is -2.31. The summed E-state index contributed by atoms with van der Waals surface area (Å²) in [7, 11) is 1.72. The number of nitrogens with one attached hydrogen (secondary N) is 1. The number of benzene rings is 1. The van der Waals surface area contributed by atoms with E-state index in [1.165, 1.54) is 25.5 Å². The van der Waals surface area contributed by atoms with Crippen LogP contribution in [-0.4, -0.2) is 32.0 Å². The van der Waals surface area contributed by atoms with E-state index in [2.05, 4.69) is 10.2 Å². The molecule has 7 nitrogen and oxygen atoms in total. The van der Waals surface area contributed by atoms with Gasteiger partial charge in [-0.25, -0.2) is 0 Å². The molecule has 1 aromatic heterocycles. The first kappa shape index (κ1) is 18.5. The van der Waals surface area contributed by atoms with Gasteiger partial charge in [0.2, 0.25) is 11.7 Å². The Bertz CT molecular complexity index is 891. The molecule has 1 saturated heterocycles. The van der Waals surface area contributed by atoms with Gasteiger partial charge >= 0.3 is 0 Å². The summed E-state index contributed by atoms with van der Waals surface area (Å²) in [6.07, 6.45) is 3.36. The van der Waals surface area contributed by atoms with Crippen LogP contribution in [0.25, 0.3) is 0 Å². The fraction of sp³-hybridized carbons (Fsp3) is 0.350. The molecule has 0 saturated carbocycles. The molecule has 0 unspecified atom stereocenters. The number of furan rings is 1. The van der Waals surface area contributed by atoms with Gasteiger partial charge in [0.25, 0.3) is 5.91 Å². The number of carbonyl (C=O) groups excluding carboxylic acids is 2. The van der Waals surface area contributed by atoms with Crippen molar-refractivity contribution in [1.29, 1.82) is 5.26 Å². The maximum Gasteiger partial charge on any atom is 0.291 e. The Balaban J connectivity index is 1.91. The van der Waals surface area contributed by atoms with Gasteiger partial charge in [-0.15, -0.1) is 0 Å². The van der Waals surface area contributed by atoms with E-state index < -0.39 is 5.91 Å². The molecule has 1 N–H and O–H groups in total. The van der Waals surface area contributed by atoms with Crippen LogP contribution in [0.3, 0.4) is 0 Å². The third-order valence-corrected chi connectivity index (χ3v) is 4.73. The Morgan fingerprint density at radius 1 is 1.19 bits per heavy atom. The topological polar surface area (TPSA) is 89.6 Å². The summed E-state index contributed by atoms with van der Waals surface area (Å²) >= 11 is 0. The minimum absolute atomic E-state index is 0.0593. The average Bonchev–Trinajstić information content (AvgIpc) is 3.18. The Hall–Kier alpha value is -3.27. The maximum atomic E-state index is 12.5. The molecule has 0 atom stereocenters. The number of carbonyl (C=O) groups is 2. The fourth-order valence-electron chi connectivity index (χ4n) is 3.12. The van der Waals surface area contributed by atoms with Gasteiger partial charge in [0, 0.05) is 32.7 Å². The molecular formula is C20H22N4O3. The van der Waals surface area contributed by atoms with Crippen LogP contribution in [0, 0.1) is 11.3 Å². The lowest BCUT2D eigenvalue weighted by Gasteiger charge is -2.31. The molecule has 2 amide bonds. The molecule has 3 rings (SSSR count). The zero-order valence-electron chi connectivity index (χ0n) is 15.5. The standard InChI is InChI=1S/C20H22N4O3/c1-14(25)23(2)15-6-8-17(18(12-15)24-10-4-3-5-11-24)22-20(26)19-9-7-16(13-21)27-19/h6-9,12H,3-5,10-11H2,1-2H3,(H,22,26). The monoisotopic (exact) mass is 366 g/mol. The molecule has 2 aromatic rings. The fourth-order valence-corrected chi connectivity index (χ4v) is 3.12. The number of hydrogen-bond donors (Lipinski definition) is 1. The Morgan fingerprint density at radius 3 is 2.56 bits per heavy atom. The van der Waals surface area contributed by atoms with Crippen molar-refractivity contribution in [3.8, 4) is 6.07 Å². The predicted molar refractivity (Wildman–Crippen MR) is 103 cm³/mol. The van der Waals surface area contributed by atoms with E-state index in [1.54, 1.807) is 24.1 Å². The predicted octanol–water partition coefficient (Wildman–Crippen LogP) is 3.38. The minimum atomic E-state index is -0.414. The number of anilines is 3. The third kappa shape index (κ3) is 4.11. The molecule has 7 heteroatoms. The number of hydrogen-bond acceptors (Lipinski definition) is 5. The first-order chi connectivity index (χ1) is 13.0. The van der Waals surface area contributed by atoms with Gasteiger partial charge in [0.1, 0.15) is 6.07 Å². The number of rotatable bonds is 4. The van der Waals surface area contributed by atoms with E-state index in [4.69, 9.17) is 9.68 Å². The number of nitrogens with zero attached hydrogens (tertiary/aromatic N) is 3. The van der Waals surface area contributed by atoms with Crippen molar-refractivity contribution in [2.45, 2.75) is 26.2 Å². The highest BCUT2D eigenvalue weighted by molar-refractivity contribution is 6.04. The van der Waals surface area contributed by atoms with Crippen molar-refractivity contribution < 1.29 is 14.0 Å². The largest absolute Gasteiger partial charge is 0.440 e. The van der Waals surface area contributed by atoms with E-state index in [0.29, 0.717) is 5.69 Å². The van der Waals surface area contributed by atoms with E-state index in [0.717, 1.165) is 37.3 Å². The van der Waals surface area contributed by atoms with Crippen LogP contribution in [0.1, 0.15) is 42.5 Å². The van der Waals surface area contributed by atoms with Crippen molar-refractivity contribution >= 4 is 28.9 Å². The lowest BCUT2D eigenvalue weighted by molar-refractivity contribution is -0.116. The summed E-state index contributed by atoms with van der Waals surface area (Å²) in [6, 6.07) is 10.3. The Morgan fingerprint density at radius 2 is 1.93 bits per heavy atom. The molecule has 0 bridgehead atoms. The second-order valence-corrected chi connectivity index (χ2v) is 6.56. The van der Waals surface area contributed by atoms with Gasteiger partial charge in [-0.2, -0.15) is 5.26 Å². The Labute approximate surface area is 158 Å². The van der Waals surface area contributed by atoms with Crippen LogP contribution < -0.4 is 15.1 Å². The number of nitriles is 1. The molecule has 0 aliphatic carbocycles. The van der Waals surface area contributed by atoms with Crippen LogP contribution in [0.5, 0.6) is 0 Å². The Kier molecular flexibility index (Phi) is 5.46. The van der Waals surface area contributed by atoms with Gasteiger partial charge in [-0.05, 0) is 49.6 Å². The van der Waals surface area contributed by atoms with Gasteiger partial charge in [0.05, 0.1) is 11.4 Å². The second kappa shape index (κ2) is 7.96. The summed E-state index contributed by atoms with van der Waals surface area (Å²) in [4.78, 5) is 28.0. The van der Waals surface area contributed by atoms with Crippen molar-refractivity contribution in [1.82, 2.24) is 0 Å². The van der Waals surface area contributed by atoms with E-state index in [9.17, 15) is 9.59 Å². The molecule has 2 heterocycles. The van der Waals surface area contributed by atoms with Gasteiger partial charge in [0.15, 0.2) is 5.76 Å². The zero-order chi connectivity index (χ0) is 19.4. The lowest BCUT2D eigenvalue weighted by atomic mass is 10.1. The molecule has 27 heavy (non-hydrogen) atoms. The van der Waals surface area contributed by atoms with Crippen LogP contribution in [0.4, 0.5) is 17.1 Å². The van der Waals surface area contributed by atoms with Crippen molar-refractivity contribution in [3.05, 3.63) is 41.9 Å². The van der Waals surface area contributed by atoms with Crippen molar-refractivity contribution in [3.63, 3.8) is 0 Å². The second-order valence-electron chi connectivity index (χ2n) is 6.56. The molecule has 1 aliphatic rings. The normalized spacial score (nSPS) is 13.7. The first-order valence-corrected chi connectivity index (χ1v) is 8.94. The first-order valence-electron chi connectivity index (χ1n) is 8.94. The smallest absolute Gasteiger partial charge is 0.291 e. The van der Waals surface area contributed by atoms with Gasteiger partial charge in [-0.3, -0.25) is 9.59 Å². The molecule has 0 radical (unpaired) electrons. The van der Waals surface area contributed by atoms with Gasteiger partial charge < -0.3 is 19.5 Å². The molecule has 0 spiro atoms. The van der Waals surface area contributed by atoms with Crippen LogP contribution in [0.2, 0.25) is 0 Å². The van der Waals surface area contributed by atoms with Crippen LogP contribution in [-0.2, 0) is 4.79 Å². The molecule has 1 aromatic carbocycles. The zero-order valence-corrected chi connectivity index (χ0v) is 15.5. The van der Waals surface area contributed by atoms with E-state index >= 15 is 0 Å². The SMILES string of the molecule is CC(=O)N(C)c1ccc(NC(=O)c2ccc(C#N)o2)c(N2CCCCC2)c1. The van der Waals surface area contributed by atoms with Crippen LogP contribution in [0.15, 0.2) is 34.7 Å². The number of piperidine rings is 1. The molecular weight excluding hydrogens is 344 g/mol.